The van der Waals surface area contributed by atoms with Gasteiger partial charge in [0, 0.05) is 62.1 Å². The fraction of sp³-hybridized carbons (Fsp3) is 0.612. The molecule has 1 aromatic carbocycles. The van der Waals surface area contributed by atoms with E-state index < -0.39 is 58.1 Å². The number of ketones is 2. The number of carbonyl (C=O) groups excluding carboxylic acids is 3. The van der Waals surface area contributed by atoms with Crippen molar-refractivity contribution in [1.82, 2.24) is 9.80 Å². The van der Waals surface area contributed by atoms with Crippen LogP contribution >= 0.6 is 0 Å². The van der Waals surface area contributed by atoms with Crippen molar-refractivity contribution in [3.05, 3.63) is 69.1 Å². The van der Waals surface area contributed by atoms with Gasteiger partial charge in [-0.3, -0.25) is 19.3 Å². The first-order valence-electron chi connectivity index (χ1n) is 21.8. The first kappa shape index (κ1) is 44.3. The van der Waals surface area contributed by atoms with Crippen molar-refractivity contribution < 1.29 is 38.1 Å². The molecular formula is C49H62N4O8. The zero-order valence-corrected chi connectivity index (χ0v) is 37.6. The van der Waals surface area contributed by atoms with Crippen LogP contribution in [0.15, 0.2) is 41.0 Å². The van der Waals surface area contributed by atoms with E-state index in [1.807, 2.05) is 39.8 Å². The molecule has 326 valence electrons. The summed E-state index contributed by atoms with van der Waals surface area (Å²) in [7, 11) is 3.41. The van der Waals surface area contributed by atoms with Crippen molar-refractivity contribution in [2.45, 2.75) is 116 Å². The van der Waals surface area contributed by atoms with E-state index in [0.717, 1.165) is 38.2 Å². The smallest absolute Gasteiger partial charge is 0.333 e. The zero-order chi connectivity index (χ0) is 44.2. The maximum Gasteiger partial charge on any atom is 0.333 e. The van der Waals surface area contributed by atoms with E-state index in [0.29, 0.717) is 48.6 Å². The lowest BCUT2D eigenvalue weighted by Crippen LogP contribution is -2.79. The van der Waals surface area contributed by atoms with Crippen LogP contribution in [-0.4, -0.2) is 109 Å². The highest BCUT2D eigenvalue weighted by atomic mass is 16.6. The number of likely N-dealkylation sites (N-methyl/N-ethyl adjacent to an activating group) is 1. The predicted octanol–water partition coefficient (Wildman–Crippen LogP) is 7.37. The molecule has 12 nitrogen and oxygen atoms in total. The van der Waals surface area contributed by atoms with E-state index in [4.69, 9.17) is 30.3 Å². The van der Waals surface area contributed by atoms with Gasteiger partial charge in [0.05, 0.1) is 30.1 Å². The summed E-state index contributed by atoms with van der Waals surface area (Å²) in [5, 5.41) is 10.5. The van der Waals surface area contributed by atoms with Gasteiger partial charge in [-0.05, 0) is 100 Å². The van der Waals surface area contributed by atoms with E-state index in [-0.39, 0.29) is 41.3 Å². The minimum atomic E-state index is -1.73. The van der Waals surface area contributed by atoms with E-state index >= 15 is 9.59 Å². The first-order valence-corrected chi connectivity index (χ1v) is 21.8. The molecular weight excluding hydrogens is 773 g/mol. The number of esters is 1. The van der Waals surface area contributed by atoms with Crippen molar-refractivity contribution in [1.29, 1.82) is 5.26 Å². The van der Waals surface area contributed by atoms with Crippen LogP contribution in [-0.2, 0) is 25.5 Å². The average Bonchev–Trinajstić information content (AvgIpc) is 3.35. The summed E-state index contributed by atoms with van der Waals surface area (Å²) in [6.45, 7) is 28.5. The van der Waals surface area contributed by atoms with Crippen LogP contribution in [0, 0.1) is 41.6 Å². The molecule has 7 aliphatic rings. The summed E-state index contributed by atoms with van der Waals surface area (Å²) in [5.74, 6) is -3.46. The highest BCUT2D eigenvalue weighted by molar-refractivity contribution is 6.10. The van der Waals surface area contributed by atoms with E-state index in [1.54, 1.807) is 13.0 Å². The lowest BCUT2D eigenvalue weighted by molar-refractivity contribution is -0.211. The minimum Gasteiger partial charge on any atom is -0.491 e. The second kappa shape index (κ2) is 16.5. The Morgan fingerprint density at radius 2 is 1.75 bits per heavy atom. The third-order valence-electron chi connectivity index (χ3n) is 14.2. The van der Waals surface area contributed by atoms with Crippen molar-refractivity contribution >= 4 is 23.6 Å². The minimum absolute atomic E-state index is 0.0748. The maximum absolute atomic E-state index is 16.2. The molecule has 5 fully saturated rings. The Bertz CT molecular complexity index is 2180. The molecule has 8 unspecified atom stereocenters. The molecule has 0 N–H and O–H groups in total. The number of nitriles is 1. The van der Waals surface area contributed by atoms with Gasteiger partial charge in [-0.25, -0.2) is 11.4 Å². The third kappa shape index (κ3) is 7.32. The largest absolute Gasteiger partial charge is 0.491 e. The lowest BCUT2D eigenvalue weighted by Gasteiger charge is -2.62. The number of carbonyl (C=O) groups is 3. The Balaban J connectivity index is 1.49. The number of methoxy groups -OCH3 is 1. The van der Waals surface area contributed by atoms with Gasteiger partial charge < -0.3 is 28.6 Å². The predicted molar refractivity (Wildman–Crippen MR) is 231 cm³/mol. The summed E-state index contributed by atoms with van der Waals surface area (Å²) in [6.07, 6.45) is 12.0. The van der Waals surface area contributed by atoms with E-state index in [1.165, 1.54) is 12.7 Å². The molecule has 1 spiro atoms. The molecule has 1 aromatic rings. The fourth-order valence-electron chi connectivity index (χ4n) is 11.1. The van der Waals surface area contributed by atoms with Gasteiger partial charge in [0.15, 0.2) is 28.8 Å². The molecule has 3 aliphatic carbocycles. The van der Waals surface area contributed by atoms with E-state index in [2.05, 4.69) is 60.7 Å². The molecule has 12 heteroatoms. The monoisotopic (exact) mass is 834 g/mol. The SMILES string of the molecule is [C-]#[N+]C(C#N)C1C2CC3C(C)(C)OC(C/C=C(/C)C(=O)OC)(C2=O)C32Oc3c(CC=C(C)C)c4c(c(OCCN5CCN(C)CC5)c3C(=O)C12)C=CC(C)(CCC=C(C)C)O4. The highest BCUT2D eigenvalue weighted by Crippen LogP contribution is 2.72. The number of hydrogen-bond acceptors (Lipinski definition) is 11. The highest BCUT2D eigenvalue weighted by Gasteiger charge is 2.86. The summed E-state index contributed by atoms with van der Waals surface area (Å²) in [5.41, 5.74) is -0.968. The molecule has 61 heavy (non-hydrogen) atoms. The Labute approximate surface area is 361 Å². The zero-order valence-electron chi connectivity index (χ0n) is 37.6. The van der Waals surface area contributed by atoms with Crippen LogP contribution < -0.4 is 14.2 Å². The van der Waals surface area contributed by atoms with Crippen LogP contribution in [0.3, 0.4) is 0 Å². The van der Waals surface area contributed by atoms with Crippen molar-refractivity contribution in [2.75, 3.05) is 53.5 Å². The van der Waals surface area contributed by atoms with Crippen LogP contribution in [0.2, 0.25) is 0 Å². The van der Waals surface area contributed by atoms with Crippen LogP contribution in [0.4, 0.5) is 0 Å². The Hall–Kier alpha value is -4.75. The number of piperazine rings is 1. The lowest BCUT2D eigenvalue weighted by atomic mass is 9.42. The van der Waals surface area contributed by atoms with Crippen LogP contribution in [0.1, 0.15) is 103 Å². The molecule has 0 amide bonds. The molecule has 8 atom stereocenters. The van der Waals surface area contributed by atoms with Crippen molar-refractivity contribution in [3.63, 3.8) is 0 Å². The van der Waals surface area contributed by atoms with Gasteiger partial charge in [-0.1, -0.05) is 29.4 Å². The van der Waals surface area contributed by atoms with Gasteiger partial charge in [-0.2, -0.15) is 5.26 Å². The Morgan fingerprint density at radius 1 is 1.05 bits per heavy atom. The van der Waals surface area contributed by atoms with Gasteiger partial charge in [-0.15, -0.1) is 0 Å². The standard InChI is InChI=1S/C49H62N4O8/c1-29(2)13-12-18-47(8)19-17-33-41(59-47)32(15-14-30(3)4)43-38(42(33)58-26-25-53-23-21-52(10)22-24-53)40(54)39-37(35(28-50)51-9)34-27-36-46(6,7)61-48(44(34)55,49(36,39)60-43)20-16-31(5)45(56)57-11/h13-14,16-17,19,34-37,39H,12,15,18,20-27H2,1-8,10-11H3/b31-16-. The number of hydrogen-bond donors (Lipinski definition) is 0. The summed E-state index contributed by atoms with van der Waals surface area (Å²) in [4.78, 5) is 52.6. The number of Topliss-reactive ketones (excluding diaryl/α,β-unsaturated/α-hetero) is 2. The maximum atomic E-state index is 16.2. The number of rotatable bonds is 13. The Morgan fingerprint density at radius 3 is 2.39 bits per heavy atom. The number of allylic oxidation sites excluding steroid dienone is 4. The van der Waals surface area contributed by atoms with Crippen molar-refractivity contribution in [3.8, 4) is 23.3 Å². The number of fused-ring (bicyclic) bond motifs is 2. The topological polar surface area (TPSA) is 132 Å². The molecule has 0 aromatic heterocycles. The summed E-state index contributed by atoms with van der Waals surface area (Å²) >= 11 is 0. The number of benzene rings is 1. The number of nitrogens with zero attached hydrogens (tertiary/aromatic N) is 4. The summed E-state index contributed by atoms with van der Waals surface area (Å²) in [6, 6.07) is 0.864. The van der Waals surface area contributed by atoms with E-state index in [9.17, 15) is 10.1 Å². The Kier molecular flexibility index (Phi) is 12.0. The van der Waals surface area contributed by atoms with Gasteiger partial charge >= 0.3 is 12.0 Å². The second-order valence-corrected chi connectivity index (χ2v) is 19.2. The fourth-order valence-corrected chi connectivity index (χ4v) is 11.1. The van der Waals surface area contributed by atoms with Gasteiger partial charge in [0.1, 0.15) is 35.0 Å². The average molecular weight is 835 g/mol. The van der Waals surface area contributed by atoms with Gasteiger partial charge in [0.25, 0.3) is 0 Å². The third-order valence-corrected chi connectivity index (χ3v) is 14.2. The first-order chi connectivity index (χ1) is 28.9. The molecule has 0 radical (unpaired) electrons. The second-order valence-electron chi connectivity index (χ2n) is 19.2. The molecule has 3 saturated carbocycles. The van der Waals surface area contributed by atoms with Crippen LogP contribution in [0.5, 0.6) is 17.2 Å². The normalized spacial score (nSPS) is 31.3. The molecule has 4 aliphatic heterocycles. The molecule has 4 bridgehead atoms. The molecule has 4 heterocycles. The molecule has 2 saturated heterocycles. The number of ether oxygens (including phenoxy) is 5. The summed E-state index contributed by atoms with van der Waals surface area (Å²) < 4.78 is 33.7. The molecule has 8 rings (SSSR count). The quantitative estimate of drug-likeness (QED) is 0.0855. The van der Waals surface area contributed by atoms with Crippen LogP contribution in [0.25, 0.3) is 10.9 Å². The van der Waals surface area contributed by atoms with Crippen molar-refractivity contribution in [2.24, 2.45) is 23.7 Å². The van der Waals surface area contributed by atoms with Gasteiger partial charge in [0.2, 0.25) is 0 Å².